The standard InChI is InChI=1S/C21H32N4O4/c1-13-6-7-18(22-20(26)24-9-14(2)28-15(3)10-24)8-19(13)23-21(27)25-11-16(4)29-17(5)12-25/h6-8,14-17H,9-12H2,1-5H3,(H,22,26)(H,23,27). The molecular weight excluding hydrogens is 372 g/mol. The number of amides is 4. The summed E-state index contributed by atoms with van der Waals surface area (Å²) in [4.78, 5) is 28.9. The molecule has 3 rings (SSSR count). The van der Waals surface area contributed by atoms with Gasteiger partial charge in [-0.15, -0.1) is 0 Å². The van der Waals surface area contributed by atoms with E-state index >= 15 is 0 Å². The Morgan fingerprint density at radius 3 is 1.76 bits per heavy atom. The van der Waals surface area contributed by atoms with Gasteiger partial charge in [-0.1, -0.05) is 6.07 Å². The summed E-state index contributed by atoms with van der Waals surface area (Å²) in [6, 6.07) is 5.21. The molecule has 2 aliphatic heterocycles. The minimum atomic E-state index is -0.163. The normalized spacial score (nSPS) is 27.5. The second-order valence-corrected chi connectivity index (χ2v) is 8.21. The summed E-state index contributed by atoms with van der Waals surface area (Å²) in [5.74, 6) is 0. The lowest BCUT2D eigenvalue weighted by molar-refractivity contribution is -0.0531. The van der Waals surface area contributed by atoms with Crippen molar-refractivity contribution >= 4 is 23.4 Å². The Hall–Kier alpha value is -2.32. The molecule has 0 spiro atoms. The lowest BCUT2D eigenvalue weighted by Gasteiger charge is -2.35. The number of carbonyl (C=O) groups excluding carboxylic acids is 2. The largest absolute Gasteiger partial charge is 0.372 e. The van der Waals surface area contributed by atoms with Gasteiger partial charge in [-0.05, 0) is 52.3 Å². The van der Waals surface area contributed by atoms with E-state index in [1.165, 1.54) is 0 Å². The van der Waals surface area contributed by atoms with E-state index in [2.05, 4.69) is 10.6 Å². The maximum absolute atomic E-state index is 12.7. The molecule has 8 heteroatoms. The average molecular weight is 405 g/mol. The number of nitrogens with zero attached hydrogens (tertiary/aromatic N) is 2. The van der Waals surface area contributed by atoms with Crippen LogP contribution in [0.3, 0.4) is 0 Å². The number of anilines is 2. The van der Waals surface area contributed by atoms with Crippen LogP contribution in [0.1, 0.15) is 33.3 Å². The van der Waals surface area contributed by atoms with E-state index in [1.54, 1.807) is 15.9 Å². The number of benzene rings is 1. The van der Waals surface area contributed by atoms with E-state index < -0.39 is 0 Å². The van der Waals surface area contributed by atoms with Crippen molar-refractivity contribution in [1.29, 1.82) is 0 Å². The quantitative estimate of drug-likeness (QED) is 0.792. The van der Waals surface area contributed by atoms with Crippen molar-refractivity contribution in [2.24, 2.45) is 0 Å². The Bertz CT molecular complexity index is 736. The van der Waals surface area contributed by atoms with E-state index in [0.29, 0.717) is 37.6 Å². The Morgan fingerprint density at radius 1 is 0.828 bits per heavy atom. The number of morpholine rings is 2. The number of ether oxygens (including phenoxy) is 2. The number of hydrogen-bond acceptors (Lipinski definition) is 4. The summed E-state index contributed by atoms with van der Waals surface area (Å²) in [7, 11) is 0. The van der Waals surface area contributed by atoms with Gasteiger partial charge in [0.15, 0.2) is 0 Å². The number of rotatable bonds is 2. The van der Waals surface area contributed by atoms with Crippen LogP contribution in [0.15, 0.2) is 18.2 Å². The number of carbonyl (C=O) groups is 2. The highest BCUT2D eigenvalue weighted by Gasteiger charge is 2.27. The van der Waals surface area contributed by atoms with Crippen LogP contribution in [-0.4, -0.2) is 72.5 Å². The lowest BCUT2D eigenvalue weighted by Crippen LogP contribution is -2.49. The average Bonchev–Trinajstić information content (AvgIpc) is 2.62. The van der Waals surface area contributed by atoms with Crippen molar-refractivity contribution in [3.8, 4) is 0 Å². The summed E-state index contributed by atoms with van der Waals surface area (Å²) in [5.41, 5.74) is 2.26. The Kier molecular flexibility index (Phi) is 6.64. The first-order valence-electron chi connectivity index (χ1n) is 10.2. The molecule has 0 aliphatic carbocycles. The summed E-state index contributed by atoms with van der Waals surface area (Å²) >= 11 is 0. The zero-order valence-corrected chi connectivity index (χ0v) is 17.9. The van der Waals surface area contributed by atoms with Crippen molar-refractivity contribution in [2.45, 2.75) is 59.0 Å². The minimum Gasteiger partial charge on any atom is -0.372 e. The Labute approximate surface area is 172 Å². The molecule has 0 radical (unpaired) electrons. The molecule has 0 aromatic heterocycles. The fourth-order valence-corrected chi connectivity index (χ4v) is 3.92. The molecule has 4 atom stereocenters. The molecule has 1 aromatic carbocycles. The van der Waals surface area contributed by atoms with E-state index in [0.717, 1.165) is 5.56 Å². The molecule has 0 bridgehead atoms. The SMILES string of the molecule is Cc1ccc(NC(=O)N2CC(C)OC(C)C2)cc1NC(=O)N1CC(C)OC(C)C1. The maximum Gasteiger partial charge on any atom is 0.322 e. The van der Waals surface area contributed by atoms with E-state index in [4.69, 9.17) is 9.47 Å². The molecule has 160 valence electrons. The van der Waals surface area contributed by atoms with Gasteiger partial charge in [0.25, 0.3) is 0 Å². The summed E-state index contributed by atoms with van der Waals surface area (Å²) in [6.07, 6.45) is 0.0374. The van der Waals surface area contributed by atoms with Crippen LogP contribution >= 0.6 is 0 Å². The second-order valence-electron chi connectivity index (χ2n) is 8.21. The number of nitrogens with one attached hydrogen (secondary N) is 2. The van der Waals surface area contributed by atoms with Crippen LogP contribution in [0.25, 0.3) is 0 Å². The van der Waals surface area contributed by atoms with Gasteiger partial charge in [0.05, 0.1) is 24.4 Å². The monoisotopic (exact) mass is 404 g/mol. The molecule has 0 saturated carbocycles. The fraction of sp³-hybridized carbons (Fsp3) is 0.619. The van der Waals surface area contributed by atoms with E-state index in [1.807, 2.05) is 46.8 Å². The number of aryl methyl sites for hydroxylation is 1. The molecule has 2 saturated heterocycles. The van der Waals surface area contributed by atoms with Crippen molar-refractivity contribution in [1.82, 2.24) is 9.80 Å². The van der Waals surface area contributed by atoms with E-state index in [-0.39, 0.29) is 36.5 Å². The highest BCUT2D eigenvalue weighted by molar-refractivity contribution is 5.93. The smallest absolute Gasteiger partial charge is 0.322 e. The minimum absolute atomic E-state index is 0.00882. The molecule has 2 aliphatic rings. The lowest BCUT2D eigenvalue weighted by atomic mass is 10.1. The summed E-state index contributed by atoms with van der Waals surface area (Å²) in [5, 5.41) is 5.91. The van der Waals surface area contributed by atoms with Gasteiger partial charge in [0.2, 0.25) is 0 Å². The summed E-state index contributed by atoms with van der Waals surface area (Å²) < 4.78 is 11.4. The predicted molar refractivity (Wildman–Crippen MR) is 112 cm³/mol. The van der Waals surface area contributed by atoms with Gasteiger partial charge in [0, 0.05) is 37.6 Å². The maximum atomic E-state index is 12.7. The van der Waals surface area contributed by atoms with Gasteiger partial charge in [-0.2, -0.15) is 0 Å². The van der Waals surface area contributed by atoms with Gasteiger partial charge in [0.1, 0.15) is 0 Å². The molecule has 4 unspecified atom stereocenters. The Balaban J connectivity index is 1.65. The molecular formula is C21H32N4O4. The molecule has 1 aromatic rings. The highest BCUT2D eigenvalue weighted by Crippen LogP contribution is 2.22. The van der Waals surface area contributed by atoms with Crippen LogP contribution < -0.4 is 10.6 Å². The highest BCUT2D eigenvalue weighted by atomic mass is 16.5. The molecule has 4 amide bonds. The van der Waals surface area contributed by atoms with Crippen molar-refractivity contribution in [3.63, 3.8) is 0 Å². The van der Waals surface area contributed by atoms with Crippen molar-refractivity contribution in [2.75, 3.05) is 36.8 Å². The predicted octanol–water partition coefficient (Wildman–Crippen LogP) is 3.28. The molecule has 2 N–H and O–H groups in total. The third-order valence-corrected chi connectivity index (χ3v) is 5.14. The second kappa shape index (κ2) is 9.00. The van der Waals surface area contributed by atoms with E-state index in [9.17, 15) is 9.59 Å². The molecule has 2 heterocycles. The molecule has 2 fully saturated rings. The van der Waals surface area contributed by atoms with Crippen LogP contribution in [0.4, 0.5) is 21.0 Å². The van der Waals surface area contributed by atoms with Gasteiger partial charge in [-0.25, -0.2) is 9.59 Å². The first-order valence-corrected chi connectivity index (χ1v) is 10.2. The van der Waals surface area contributed by atoms with Crippen LogP contribution in [0, 0.1) is 6.92 Å². The zero-order chi connectivity index (χ0) is 21.1. The molecule has 8 nitrogen and oxygen atoms in total. The van der Waals surface area contributed by atoms with Crippen molar-refractivity contribution in [3.05, 3.63) is 23.8 Å². The number of hydrogen-bond donors (Lipinski definition) is 2. The zero-order valence-electron chi connectivity index (χ0n) is 17.9. The summed E-state index contributed by atoms with van der Waals surface area (Å²) in [6.45, 7) is 12.0. The topological polar surface area (TPSA) is 83.1 Å². The molecule has 29 heavy (non-hydrogen) atoms. The number of urea groups is 2. The first-order chi connectivity index (χ1) is 13.7. The van der Waals surface area contributed by atoms with Crippen molar-refractivity contribution < 1.29 is 19.1 Å². The van der Waals surface area contributed by atoms with Crippen LogP contribution in [0.5, 0.6) is 0 Å². The van der Waals surface area contributed by atoms with Gasteiger partial charge < -0.3 is 29.9 Å². The van der Waals surface area contributed by atoms with Crippen LogP contribution in [0.2, 0.25) is 0 Å². The third-order valence-electron chi connectivity index (χ3n) is 5.14. The van der Waals surface area contributed by atoms with Crippen LogP contribution in [-0.2, 0) is 9.47 Å². The Morgan fingerprint density at radius 2 is 1.28 bits per heavy atom. The first kappa shape index (κ1) is 21.4. The van der Waals surface area contributed by atoms with Gasteiger partial charge >= 0.3 is 12.1 Å². The third kappa shape index (κ3) is 5.61. The fourth-order valence-electron chi connectivity index (χ4n) is 3.92. The van der Waals surface area contributed by atoms with Gasteiger partial charge in [-0.3, -0.25) is 0 Å².